The summed E-state index contributed by atoms with van der Waals surface area (Å²) in [4.78, 5) is 37.3. The van der Waals surface area contributed by atoms with Gasteiger partial charge in [0.15, 0.2) is 5.82 Å². The molecule has 4 fully saturated rings. The number of hydrogen-bond donors (Lipinski definition) is 2. The van der Waals surface area contributed by atoms with E-state index in [0.717, 1.165) is 6.42 Å². The second-order valence-electron chi connectivity index (χ2n) is 12.6. The summed E-state index contributed by atoms with van der Waals surface area (Å²) in [5.41, 5.74) is 0.817. The van der Waals surface area contributed by atoms with Gasteiger partial charge in [-0.25, -0.2) is 18.3 Å². The second kappa shape index (κ2) is 13.0. The molecule has 47 heavy (non-hydrogen) atoms. The first-order chi connectivity index (χ1) is 22.3. The number of ether oxygens (including phenoxy) is 1. The minimum Gasteiger partial charge on any atom is -0.371 e. The van der Waals surface area contributed by atoms with E-state index in [1.54, 1.807) is 6.92 Å². The van der Waals surface area contributed by atoms with Gasteiger partial charge in [-0.05, 0) is 25.8 Å². The highest BCUT2D eigenvalue weighted by atomic mass is 19.4. The Kier molecular flexibility index (Phi) is 9.11. The molecule has 2 N–H and O–H groups in total. The summed E-state index contributed by atoms with van der Waals surface area (Å²) in [5, 5.41) is 14.0. The van der Waals surface area contributed by atoms with Gasteiger partial charge in [0, 0.05) is 64.0 Å². The van der Waals surface area contributed by atoms with Crippen molar-refractivity contribution in [2.75, 3.05) is 24.5 Å². The van der Waals surface area contributed by atoms with Gasteiger partial charge in [0.2, 0.25) is 11.8 Å². The lowest BCUT2D eigenvalue weighted by Gasteiger charge is -2.47. The van der Waals surface area contributed by atoms with Crippen molar-refractivity contribution in [1.29, 1.82) is 0 Å². The van der Waals surface area contributed by atoms with Gasteiger partial charge < -0.3 is 20.3 Å². The number of alkyl halides is 5. The maximum absolute atomic E-state index is 14.6. The molecule has 0 aromatic carbocycles. The van der Waals surface area contributed by atoms with E-state index in [9.17, 15) is 31.5 Å². The molecule has 0 spiro atoms. The van der Waals surface area contributed by atoms with E-state index >= 15 is 0 Å². The lowest BCUT2D eigenvalue weighted by Crippen LogP contribution is -2.57. The molecule has 0 radical (unpaired) electrons. The summed E-state index contributed by atoms with van der Waals surface area (Å²) >= 11 is 0. The molecule has 3 aromatic heterocycles. The van der Waals surface area contributed by atoms with Crippen LogP contribution in [0.2, 0.25) is 0 Å². The fourth-order valence-electron chi connectivity index (χ4n) is 6.65. The molecule has 4 saturated heterocycles. The third-order valence-electron chi connectivity index (χ3n) is 9.13. The smallest absolute Gasteiger partial charge is 0.371 e. The molecule has 5 unspecified atom stereocenters. The summed E-state index contributed by atoms with van der Waals surface area (Å²) < 4.78 is 78.6. The lowest BCUT2D eigenvalue weighted by atomic mass is 9.86. The Bertz CT molecular complexity index is 1590. The number of aromatic nitrogens is 6. The fraction of sp³-hybridized carbons (Fsp3) is 0.667. The molecular weight excluding hydrogens is 629 g/mol. The fourth-order valence-corrected chi connectivity index (χ4v) is 6.65. The van der Waals surface area contributed by atoms with Crippen LogP contribution >= 0.6 is 0 Å². The molecule has 4 aliphatic rings. The number of anilines is 1. The standard InChI is InChI=1S/C30H38F5N9O3/c1-3-7-29(31,32)8-5-21(38-27(46)24-6-9-37-43(24)4-2)23-16-44-28(39-23)40-25(42-14-19-12-20(15-42)47-19)22(41-44)11-17-10-18(30(33,34)35)13-36-26(17)45/h6,9,16-21H,3-5,7-8,10-15H2,1-2H3,(H,36,45)(H,38,46). The molecule has 0 saturated carbocycles. The Morgan fingerprint density at radius 1 is 1.13 bits per heavy atom. The van der Waals surface area contributed by atoms with Crippen molar-refractivity contribution in [2.24, 2.45) is 11.8 Å². The molecule has 0 aliphatic carbocycles. The number of halogens is 5. The average Bonchev–Trinajstić information content (AvgIpc) is 3.66. The maximum Gasteiger partial charge on any atom is 0.393 e. The molecule has 2 bridgehead atoms. The zero-order chi connectivity index (χ0) is 33.5. The Morgan fingerprint density at radius 3 is 2.55 bits per heavy atom. The van der Waals surface area contributed by atoms with E-state index in [2.05, 4.69) is 25.8 Å². The van der Waals surface area contributed by atoms with Crippen molar-refractivity contribution in [1.82, 2.24) is 40.0 Å². The van der Waals surface area contributed by atoms with Crippen LogP contribution in [0.4, 0.5) is 27.8 Å². The number of amides is 2. The largest absolute Gasteiger partial charge is 0.393 e. The zero-order valence-electron chi connectivity index (χ0n) is 26.1. The number of imidazole rings is 1. The van der Waals surface area contributed by atoms with Crippen LogP contribution in [0.3, 0.4) is 0 Å². The number of carbonyl (C=O) groups excluding carboxylic acids is 2. The van der Waals surface area contributed by atoms with Crippen molar-refractivity contribution in [2.45, 2.75) is 95.7 Å². The highest BCUT2D eigenvalue weighted by Crippen LogP contribution is 2.37. The first-order valence-corrected chi connectivity index (χ1v) is 16.0. The number of hydrogen-bond acceptors (Lipinski definition) is 8. The summed E-state index contributed by atoms with van der Waals surface area (Å²) in [5.74, 6) is -6.12. The summed E-state index contributed by atoms with van der Waals surface area (Å²) in [6, 6.07) is 0.596. The van der Waals surface area contributed by atoms with Crippen molar-refractivity contribution >= 4 is 23.4 Å². The van der Waals surface area contributed by atoms with Crippen LogP contribution in [0.25, 0.3) is 5.78 Å². The Labute approximate surface area is 267 Å². The first-order valence-electron chi connectivity index (χ1n) is 16.0. The van der Waals surface area contributed by atoms with Crippen LogP contribution in [-0.2, 0) is 22.5 Å². The molecule has 3 aromatic rings. The molecular formula is C30H38F5N9O3. The van der Waals surface area contributed by atoms with E-state index in [4.69, 9.17) is 9.72 Å². The van der Waals surface area contributed by atoms with Crippen LogP contribution in [0.1, 0.15) is 80.3 Å². The van der Waals surface area contributed by atoms with Gasteiger partial charge in [0.1, 0.15) is 11.4 Å². The SMILES string of the molecule is CCCC(F)(F)CCC(NC(=O)c1ccnn1CC)c1cn2nc(CC3CC(C(F)(F)F)CNC3=O)c(N3CC4CC(C3)O4)nc2n1. The normalized spacial score (nSPS) is 23.8. The predicted octanol–water partition coefficient (Wildman–Crippen LogP) is 3.86. The Morgan fingerprint density at radius 2 is 1.87 bits per heavy atom. The van der Waals surface area contributed by atoms with Gasteiger partial charge in [-0.2, -0.15) is 28.4 Å². The van der Waals surface area contributed by atoms with Gasteiger partial charge >= 0.3 is 6.18 Å². The van der Waals surface area contributed by atoms with Gasteiger partial charge in [0.05, 0.1) is 36.1 Å². The summed E-state index contributed by atoms with van der Waals surface area (Å²) in [6.45, 7) is 4.41. The second-order valence-corrected chi connectivity index (χ2v) is 12.6. The van der Waals surface area contributed by atoms with Crippen LogP contribution in [0.15, 0.2) is 18.5 Å². The molecule has 256 valence electrons. The van der Waals surface area contributed by atoms with E-state index < -0.39 is 54.8 Å². The maximum atomic E-state index is 14.6. The van der Waals surface area contributed by atoms with Crippen LogP contribution in [0.5, 0.6) is 0 Å². The Hall–Kier alpha value is -3.89. The minimum absolute atomic E-state index is 0.0246. The van der Waals surface area contributed by atoms with Crippen molar-refractivity contribution < 1.29 is 36.3 Å². The predicted molar refractivity (Wildman–Crippen MR) is 158 cm³/mol. The molecule has 7 rings (SSSR count). The molecule has 2 amide bonds. The monoisotopic (exact) mass is 667 g/mol. The molecule has 4 aliphatic heterocycles. The van der Waals surface area contributed by atoms with E-state index in [1.165, 1.54) is 27.7 Å². The number of fused-ring (bicyclic) bond motifs is 3. The minimum atomic E-state index is -4.46. The van der Waals surface area contributed by atoms with Crippen LogP contribution < -0.4 is 15.5 Å². The number of aryl methyl sites for hydroxylation is 1. The van der Waals surface area contributed by atoms with Gasteiger partial charge in [-0.15, -0.1) is 0 Å². The quantitative estimate of drug-likeness (QED) is 0.279. The summed E-state index contributed by atoms with van der Waals surface area (Å²) in [6.07, 6.45) is -1.79. The number of nitrogens with zero attached hydrogens (tertiary/aromatic N) is 7. The highest BCUT2D eigenvalue weighted by molar-refractivity contribution is 5.92. The van der Waals surface area contributed by atoms with Crippen LogP contribution in [0, 0.1) is 11.8 Å². The highest BCUT2D eigenvalue weighted by Gasteiger charge is 2.46. The van der Waals surface area contributed by atoms with E-state index in [1.807, 2.05) is 11.8 Å². The van der Waals surface area contributed by atoms with E-state index in [0.29, 0.717) is 37.6 Å². The third-order valence-corrected chi connectivity index (χ3v) is 9.13. The number of piperidine rings is 2. The van der Waals surface area contributed by atoms with Crippen molar-refractivity contribution in [3.05, 3.63) is 35.5 Å². The molecule has 5 atom stereocenters. The van der Waals surface area contributed by atoms with E-state index in [-0.39, 0.29) is 55.1 Å². The van der Waals surface area contributed by atoms with Crippen LogP contribution in [-0.4, -0.2) is 85.1 Å². The molecule has 12 nitrogen and oxygen atoms in total. The van der Waals surface area contributed by atoms with Gasteiger partial charge in [-0.1, -0.05) is 13.3 Å². The topological polar surface area (TPSA) is 132 Å². The number of morpholine rings is 1. The lowest BCUT2D eigenvalue weighted by molar-refractivity contribution is -0.183. The number of nitrogens with one attached hydrogen (secondary N) is 2. The van der Waals surface area contributed by atoms with Gasteiger partial charge in [0.25, 0.3) is 11.7 Å². The van der Waals surface area contributed by atoms with Crippen molar-refractivity contribution in [3.8, 4) is 0 Å². The average molecular weight is 668 g/mol. The Balaban J connectivity index is 1.34. The first kappa shape index (κ1) is 33.0. The zero-order valence-corrected chi connectivity index (χ0v) is 26.1. The van der Waals surface area contributed by atoms with Crippen molar-refractivity contribution in [3.63, 3.8) is 0 Å². The number of rotatable bonds is 12. The van der Waals surface area contributed by atoms with Gasteiger partial charge in [-0.3, -0.25) is 14.3 Å². The number of carbonyl (C=O) groups is 2. The summed E-state index contributed by atoms with van der Waals surface area (Å²) in [7, 11) is 0. The molecule has 17 heteroatoms. The molecule has 7 heterocycles. The third kappa shape index (κ3) is 7.18.